The predicted molar refractivity (Wildman–Crippen MR) is 69.1 cm³/mol. The van der Waals surface area contributed by atoms with Crippen molar-refractivity contribution in [1.29, 1.82) is 0 Å². The molecule has 1 aliphatic rings. The van der Waals surface area contributed by atoms with Gasteiger partial charge in [-0.2, -0.15) is 0 Å². The summed E-state index contributed by atoms with van der Waals surface area (Å²) >= 11 is 0. The Morgan fingerprint density at radius 3 is 2.88 bits per heavy atom. The molecule has 1 aromatic rings. The van der Waals surface area contributed by atoms with Crippen molar-refractivity contribution in [3.05, 3.63) is 33.2 Å². The van der Waals surface area contributed by atoms with Crippen molar-refractivity contribution >= 4 is 0 Å². The van der Waals surface area contributed by atoms with Crippen molar-refractivity contribution in [3.8, 4) is 0 Å². The quantitative estimate of drug-likeness (QED) is 0.828. The number of hydrogen-bond donors (Lipinski definition) is 1. The van der Waals surface area contributed by atoms with Crippen molar-refractivity contribution in [3.63, 3.8) is 0 Å². The van der Waals surface area contributed by atoms with Crippen LogP contribution in [0, 0.1) is 0 Å². The summed E-state index contributed by atoms with van der Waals surface area (Å²) in [6.07, 6.45) is 0.981. The second kappa shape index (κ2) is 5.02. The molecular weight excluding hydrogens is 214 g/mol. The Balaban J connectivity index is 2.43. The number of nitrogens with zero attached hydrogens (tertiary/aromatic N) is 2. The highest BCUT2D eigenvalue weighted by molar-refractivity contribution is 5.28. The molecule has 0 aromatic carbocycles. The van der Waals surface area contributed by atoms with Crippen molar-refractivity contribution in [2.45, 2.75) is 26.4 Å². The summed E-state index contributed by atoms with van der Waals surface area (Å²) in [6, 6.07) is 2.08. The van der Waals surface area contributed by atoms with E-state index in [-0.39, 0.29) is 5.56 Å². The Labute approximate surface area is 102 Å². The molecule has 2 heterocycles. The van der Waals surface area contributed by atoms with Gasteiger partial charge in [0.2, 0.25) is 0 Å². The Morgan fingerprint density at radius 2 is 2.24 bits per heavy atom. The number of rotatable bonds is 3. The Bertz CT molecular complexity index is 464. The third-order valence-corrected chi connectivity index (χ3v) is 3.58. The van der Waals surface area contributed by atoms with E-state index >= 15 is 0 Å². The average molecular weight is 235 g/mol. The molecule has 17 heavy (non-hydrogen) atoms. The van der Waals surface area contributed by atoms with E-state index in [1.54, 1.807) is 0 Å². The van der Waals surface area contributed by atoms with Gasteiger partial charge in [-0.25, -0.2) is 0 Å². The first kappa shape index (κ1) is 12.3. The smallest absolute Gasteiger partial charge is 0.255 e. The van der Waals surface area contributed by atoms with Gasteiger partial charge in [0.15, 0.2) is 0 Å². The molecule has 1 N–H and O–H groups in total. The van der Waals surface area contributed by atoms with Gasteiger partial charge in [0, 0.05) is 44.4 Å². The maximum absolute atomic E-state index is 12.1. The zero-order valence-corrected chi connectivity index (χ0v) is 10.9. The molecule has 0 spiro atoms. The van der Waals surface area contributed by atoms with Crippen molar-refractivity contribution in [2.24, 2.45) is 7.05 Å². The summed E-state index contributed by atoms with van der Waals surface area (Å²) in [6.45, 7) is 5.93. The molecule has 0 saturated carbocycles. The third kappa shape index (κ3) is 2.28. The predicted octanol–water partition coefficient (Wildman–Crippen LogP) is 0.483. The summed E-state index contributed by atoms with van der Waals surface area (Å²) in [5, 5.41) is 3.06. The summed E-state index contributed by atoms with van der Waals surface area (Å²) in [5.74, 6) is 0. The topological polar surface area (TPSA) is 37.3 Å². The zero-order valence-electron chi connectivity index (χ0n) is 10.9. The second-order valence-electron chi connectivity index (χ2n) is 4.65. The molecule has 0 atom stereocenters. The van der Waals surface area contributed by atoms with E-state index in [1.165, 1.54) is 11.3 Å². The normalized spacial score (nSPS) is 15.9. The molecule has 0 radical (unpaired) electrons. The molecule has 0 bridgehead atoms. The highest BCUT2D eigenvalue weighted by atomic mass is 16.1. The van der Waals surface area contributed by atoms with Crippen molar-refractivity contribution in [1.82, 2.24) is 14.8 Å². The van der Waals surface area contributed by atoms with Gasteiger partial charge < -0.3 is 9.88 Å². The van der Waals surface area contributed by atoms with Gasteiger partial charge in [0.05, 0.1) is 0 Å². The standard InChI is InChI=1S/C13H21N3O/c1-4-16-6-5-12-11(9-16)7-10(8-14-2)13(17)15(12)3/h7,14H,4-6,8-9H2,1-3H3. The number of pyridine rings is 1. The Morgan fingerprint density at radius 1 is 1.47 bits per heavy atom. The lowest BCUT2D eigenvalue weighted by atomic mass is 10.0. The van der Waals surface area contributed by atoms with Gasteiger partial charge >= 0.3 is 0 Å². The van der Waals surface area contributed by atoms with Gasteiger partial charge in [-0.1, -0.05) is 6.92 Å². The maximum atomic E-state index is 12.1. The first-order valence-electron chi connectivity index (χ1n) is 6.25. The number of likely N-dealkylation sites (N-methyl/N-ethyl adjacent to an activating group) is 1. The monoisotopic (exact) mass is 235 g/mol. The lowest BCUT2D eigenvalue weighted by Gasteiger charge is -2.29. The fraction of sp³-hybridized carbons (Fsp3) is 0.615. The minimum absolute atomic E-state index is 0.142. The fourth-order valence-electron chi connectivity index (χ4n) is 2.54. The lowest BCUT2D eigenvalue weighted by Crippen LogP contribution is -2.36. The van der Waals surface area contributed by atoms with Gasteiger partial charge in [-0.15, -0.1) is 0 Å². The van der Waals surface area contributed by atoms with Crippen molar-refractivity contribution < 1.29 is 0 Å². The number of hydrogen-bond acceptors (Lipinski definition) is 3. The van der Waals surface area contributed by atoms with Crippen LogP contribution >= 0.6 is 0 Å². The van der Waals surface area contributed by atoms with E-state index < -0.39 is 0 Å². The zero-order chi connectivity index (χ0) is 12.4. The molecule has 0 fully saturated rings. The summed E-state index contributed by atoms with van der Waals surface area (Å²) in [4.78, 5) is 14.5. The van der Waals surface area contributed by atoms with Crippen LogP contribution in [-0.2, 0) is 26.6 Å². The molecule has 2 rings (SSSR count). The summed E-state index contributed by atoms with van der Waals surface area (Å²) in [5.41, 5.74) is 3.53. The molecule has 1 aromatic heterocycles. The number of nitrogens with one attached hydrogen (secondary N) is 1. The van der Waals surface area contributed by atoms with Gasteiger partial charge in [-0.3, -0.25) is 9.69 Å². The molecular formula is C13H21N3O. The minimum atomic E-state index is 0.142. The minimum Gasteiger partial charge on any atom is -0.315 e. The van der Waals surface area contributed by atoms with E-state index in [4.69, 9.17) is 0 Å². The van der Waals surface area contributed by atoms with Crippen LogP contribution in [0.3, 0.4) is 0 Å². The highest BCUT2D eigenvalue weighted by Gasteiger charge is 2.19. The second-order valence-corrected chi connectivity index (χ2v) is 4.65. The van der Waals surface area contributed by atoms with E-state index in [9.17, 15) is 4.79 Å². The van der Waals surface area contributed by atoms with Crippen molar-refractivity contribution in [2.75, 3.05) is 20.1 Å². The number of aromatic nitrogens is 1. The van der Waals surface area contributed by atoms with Crippen LogP contribution in [-0.4, -0.2) is 29.6 Å². The van der Waals surface area contributed by atoms with E-state index in [2.05, 4.69) is 23.2 Å². The van der Waals surface area contributed by atoms with Crippen LogP contribution in [0.25, 0.3) is 0 Å². The van der Waals surface area contributed by atoms with E-state index in [0.717, 1.165) is 31.6 Å². The Kier molecular flexibility index (Phi) is 3.64. The molecule has 4 heteroatoms. The van der Waals surface area contributed by atoms with Gasteiger partial charge in [-0.05, 0) is 25.2 Å². The highest BCUT2D eigenvalue weighted by Crippen LogP contribution is 2.17. The molecule has 0 saturated heterocycles. The lowest BCUT2D eigenvalue weighted by molar-refractivity contribution is 0.262. The first-order chi connectivity index (χ1) is 8.17. The number of fused-ring (bicyclic) bond motifs is 1. The summed E-state index contributed by atoms with van der Waals surface area (Å²) in [7, 11) is 3.76. The fourth-order valence-corrected chi connectivity index (χ4v) is 2.54. The first-order valence-corrected chi connectivity index (χ1v) is 6.25. The molecule has 0 aliphatic carbocycles. The van der Waals surface area contributed by atoms with Crippen LogP contribution in [0.15, 0.2) is 10.9 Å². The van der Waals surface area contributed by atoms with Crippen LogP contribution in [0.2, 0.25) is 0 Å². The van der Waals surface area contributed by atoms with Gasteiger partial charge in [0.1, 0.15) is 0 Å². The molecule has 0 amide bonds. The third-order valence-electron chi connectivity index (χ3n) is 3.58. The van der Waals surface area contributed by atoms with Gasteiger partial charge in [0.25, 0.3) is 5.56 Å². The molecule has 94 valence electrons. The van der Waals surface area contributed by atoms with Crippen LogP contribution in [0.5, 0.6) is 0 Å². The van der Waals surface area contributed by atoms with E-state index in [1.807, 2.05) is 18.7 Å². The molecule has 4 nitrogen and oxygen atoms in total. The molecule has 1 aliphatic heterocycles. The van der Waals surface area contributed by atoms with E-state index in [0.29, 0.717) is 6.54 Å². The summed E-state index contributed by atoms with van der Waals surface area (Å²) < 4.78 is 1.83. The average Bonchev–Trinajstić information content (AvgIpc) is 2.35. The van der Waals surface area contributed by atoms with Crippen LogP contribution < -0.4 is 10.9 Å². The largest absolute Gasteiger partial charge is 0.315 e. The van der Waals surface area contributed by atoms with Crippen LogP contribution in [0.4, 0.5) is 0 Å². The van der Waals surface area contributed by atoms with Crippen LogP contribution in [0.1, 0.15) is 23.7 Å². The Hall–Kier alpha value is -1.13. The SMILES string of the molecule is CCN1CCc2c(cc(CNC)c(=O)n2C)C1. The maximum Gasteiger partial charge on any atom is 0.255 e. The molecule has 0 unspecified atom stereocenters.